The Morgan fingerprint density at radius 1 is 0.955 bits per heavy atom. The van der Waals surface area contributed by atoms with Gasteiger partial charge in [-0.05, 0) is 67.7 Å². The Bertz CT molecular complexity index is 591. The summed E-state index contributed by atoms with van der Waals surface area (Å²) in [6, 6.07) is 14.9. The molecule has 2 aromatic rings. The maximum atomic E-state index is 13.2. The zero-order valence-corrected chi connectivity index (χ0v) is 12.8. The van der Waals surface area contributed by atoms with Crippen LogP contribution in [-0.2, 0) is 6.42 Å². The maximum absolute atomic E-state index is 13.2. The Balaban J connectivity index is 1.49. The van der Waals surface area contributed by atoms with Gasteiger partial charge >= 0.3 is 0 Å². The molecule has 0 amide bonds. The van der Waals surface area contributed by atoms with E-state index in [1.165, 1.54) is 32.0 Å². The number of ether oxygens (including phenoxy) is 1. The molecule has 1 saturated heterocycles. The summed E-state index contributed by atoms with van der Waals surface area (Å²) in [4.78, 5) is 2.44. The normalized spacial score (nSPS) is 15.1. The molecule has 0 spiro atoms. The molecule has 0 aromatic heterocycles. The van der Waals surface area contributed by atoms with Crippen molar-refractivity contribution in [2.75, 3.05) is 26.2 Å². The lowest BCUT2D eigenvalue weighted by atomic mass is 10.1. The van der Waals surface area contributed by atoms with Crippen molar-refractivity contribution in [3.05, 3.63) is 65.5 Å². The van der Waals surface area contributed by atoms with Crippen molar-refractivity contribution in [3.63, 3.8) is 0 Å². The molecule has 0 atom stereocenters. The lowest BCUT2D eigenvalue weighted by Crippen LogP contribution is -2.25. The molecule has 0 unspecified atom stereocenters. The Labute approximate surface area is 131 Å². The Morgan fingerprint density at radius 2 is 1.73 bits per heavy atom. The first-order valence-corrected chi connectivity index (χ1v) is 7.98. The van der Waals surface area contributed by atoms with Gasteiger partial charge in [-0.3, -0.25) is 4.90 Å². The van der Waals surface area contributed by atoms with Gasteiger partial charge in [0.25, 0.3) is 0 Å². The molecule has 0 N–H and O–H groups in total. The molecular weight excluding hydrogens is 277 g/mol. The van der Waals surface area contributed by atoms with Crippen LogP contribution in [0.25, 0.3) is 0 Å². The van der Waals surface area contributed by atoms with Crippen LogP contribution >= 0.6 is 0 Å². The molecule has 3 heteroatoms. The molecule has 22 heavy (non-hydrogen) atoms. The second-order valence-electron chi connectivity index (χ2n) is 5.85. The van der Waals surface area contributed by atoms with E-state index >= 15 is 0 Å². The highest BCUT2D eigenvalue weighted by Crippen LogP contribution is 2.16. The van der Waals surface area contributed by atoms with Crippen molar-refractivity contribution >= 4 is 0 Å². The third kappa shape index (κ3) is 4.31. The van der Waals surface area contributed by atoms with Gasteiger partial charge in [-0.1, -0.05) is 24.3 Å². The van der Waals surface area contributed by atoms with Crippen molar-refractivity contribution in [1.29, 1.82) is 0 Å². The minimum atomic E-state index is -0.181. The number of halogens is 1. The van der Waals surface area contributed by atoms with Crippen LogP contribution in [0.4, 0.5) is 4.39 Å². The minimum absolute atomic E-state index is 0.181. The Kier molecular flexibility index (Phi) is 5.07. The molecule has 3 rings (SSSR count). The van der Waals surface area contributed by atoms with Crippen LogP contribution < -0.4 is 4.74 Å². The summed E-state index contributed by atoms with van der Waals surface area (Å²) in [5, 5.41) is 0. The van der Waals surface area contributed by atoms with Crippen molar-refractivity contribution in [2.24, 2.45) is 0 Å². The summed E-state index contributed by atoms with van der Waals surface area (Å²) in [7, 11) is 0. The molecular formula is C19H22FNO. The summed E-state index contributed by atoms with van der Waals surface area (Å²) in [5.74, 6) is 0.724. The van der Waals surface area contributed by atoms with Crippen LogP contribution in [-0.4, -0.2) is 31.1 Å². The smallest absolute Gasteiger partial charge is 0.123 e. The van der Waals surface area contributed by atoms with Crippen LogP contribution in [0.3, 0.4) is 0 Å². The van der Waals surface area contributed by atoms with Gasteiger partial charge in [0.15, 0.2) is 0 Å². The Hall–Kier alpha value is -1.87. The van der Waals surface area contributed by atoms with Gasteiger partial charge in [-0.25, -0.2) is 4.39 Å². The van der Waals surface area contributed by atoms with Gasteiger partial charge in [0.05, 0.1) is 0 Å². The number of benzene rings is 2. The maximum Gasteiger partial charge on any atom is 0.123 e. The molecule has 116 valence electrons. The van der Waals surface area contributed by atoms with Crippen LogP contribution in [0, 0.1) is 5.82 Å². The largest absolute Gasteiger partial charge is 0.492 e. The molecule has 2 aromatic carbocycles. The predicted octanol–water partition coefficient (Wildman–Crippen LogP) is 3.89. The number of nitrogens with zero attached hydrogens (tertiary/aromatic N) is 1. The van der Waals surface area contributed by atoms with E-state index in [1.54, 1.807) is 12.1 Å². The predicted molar refractivity (Wildman–Crippen MR) is 86.8 cm³/mol. The Morgan fingerprint density at radius 3 is 2.45 bits per heavy atom. The fourth-order valence-corrected chi connectivity index (χ4v) is 2.88. The summed E-state index contributed by atoms with van der Waals surface area (Å²) in [5.41, 5.74) is 2.15. The van der Waals surface area contributed by atoms with Crippen LogP contribution in [0.15, 0.2) is 48.5 Å². The number of likely N-dealkylation sites (tertiary alicyclic amines) is 1. The fraction of sp³-hybridized carbons (Fsp3) is 0.368. The fourth-order valence-electron chi connectivity index (χ4n) is 2.88. The van der Waals surface area contributed by atoms with Crippen molar-refractivity contribution in [3.8, 4) is 5.75 Å². The van der Waals surface area contributed by atoms with Crippen LogP contribution in [0.5, 0.6) is 5.75 Å². The van der Waals surface area contributed by atoms with E-state index in [4.69, 9.17) is 4.74 Å². The number of hydrogen-bond donors (Lipinski definition) is 0. The molecule has 1 aliphatic rings. The summed E-state index contributed by atoms with van der Waals surface area (Å²) in [6.45, 7) is 4.15. The van der Waals surface area contributed by atoms with Gasteiger partial charge in [0.1, 0.15) is 18.2 Å². The van der Waals surface area contributed by atoms with Gasteiger partial charge in [-0.2, -0.15) is 0 Å². The van der Waals surface area contributed by atoms with Crippen molar-refractivity contribution in [1.82, 2.24) is 4.90 Å². The molecule has 1 heterocycles. The highest BCUT2D eigenvalue weighted by Gasteiger charge is 2.10. The zero-order chi connectivity index (χ0) is 15.2. The highest BCUT2D eigenvalue weighted by molar-refractivity contribution is 5.31. The molecule has 0 bridgehead atoms. The van der Waals surface area contributed by atoms with Crippen LogP contribution in [0.1, 0.15) is 24.0 Å². The third-order valence-electron chi connectivity index (χ3n) is 4.10. The quantitative estimate of drug-likeness (QED) is 0.802. The van der Waals surface area contributed by atoms with Crippen LogP contribution in [0.2, 0.25) is 0 Å². The summed E-state index contributed by atoms with van der Waals surface area (Å²) in [6.07, 6.45) is 3.37. The lowest BCUT2D eigenvalue weighted by molar-refractivity contribution is 0.238. The van der Waals surface area contributed by atoms with E-state index in [0.717, 1.165) is 36.4 Å². The third-order valence-corrected chi connectivity index (χ3v) is 4.10. The highest BCUT2D eigenvalue weighted by atomic mass is 19.1. The van der Waals surface area contributed by atoms with Gasteiger partial charge in [-0.15, -0.1) is 0 Å². The molecule has 1 aliphatic heterocycles. The first-order chi connectivity index (χ1) is 10.8. The second kappa shape index (κ2) is 7.41. The SMILES string of the molecule is Fc1cccc(Cc2ccc(OCCN3CCCC3)cc2)c1. The summed E-state index contributed by atoms with van der Waals surface area (Å²) >= 11 is 0. The summed E-state index contributed by atoms with van der Waals surface area (Å²) < 4.78 is 19.0. The van der Waals surface area contributed by atoms with E-state index in [-0.39, 0.29) is 5.82 Å². The average molecular weight is 299 g/mol. The average Bonchev–Trinajstić information content (AvgIpc) is 3.02. The topological polar surface area (TPSA) is 12.5 Å². The standard InChI is InChI=1S/C19H22FNO/c20-18-5-3-4-17(15-18)14-16-6-8-19(9-7-16)22-13-12-21-10-1-2-11-21/h3-9,15H,1-2,10-14H2. The van der Waals surface area contributed by atoms with E-state index < -0.39 is 0 Å². The zero-order valence-electron chi connectivity index (χ0n) is 12.8. The van der Waals surface area contributed by atoms with Gasteiger partial charge in [0.2, 0.25) is 0 Å². The van der Waals surface area contributed by atoms with Crippen molar-refractivity contribution < 1.29 is 9.13 Å². The second-order valence-corrected chi connectivity index (χ2v) is 5.85. The first kappa shape index (κ1) is 15.0. The van der Waals surface area contributed by atoms with Crippen molar-refractivity contribution in [2.45, 2.75) is 19.3 Å². The monoisotopic (exact) mass is 299 g/mol. The molecule has 0 aliphatic carbocycles. The van der Waals surface area contributed by atoms with Gasteiger partial charge < -0.3 is 4.74 Å². The van der Waals surface area contributed by atoms with E-state index in [9.17, 15) is 4.39 Å². The molecule has 0 saturated carbocycles. The first-order valence-electron chi connectivity index (χ1n) is 7.98. The number of rotatable bonds is 6. The molecule has 1 fully saturated rings. The molecule has 0 radical (unpaired) electrons. The lowest BCUT2D eigenvalue weighted by Gasteiger charge is -2.15. The van der Waals surface area contributed by atoms with Gasteiger partial charge in [0, 0.05) is 6.54 Å². The van der Waals surface area contributed by atoms with E-state index in [0.29, 0.717) is 0 Å². The van der Waals surface area contributed by atoms with E-state index in [2.05, 4.69) is 17.0 Å². The minimum Gasteiger partial charge on any atom is -0.492 e. The van der Waals surface area contributed by atoms with E-state index in [1.807, 2.05) is 18.2 Å². The molecule has 2 nitrogen and oxygen atoms in total. The number of hydrogen-bond acceptors (Lipinski definition) is 2.